The van der Waals surface area contributed by atoms with E-state index in [9.17, 15) is 9.90 Å². The van der Waals surface area contributed by atoms with E-state index in [-0.39, 0.29) is 11.6 Å². The maximum absolute atomic E-state index is 11.6. The van der Waals surface area contributed by atoms with Gasteiger partial charge in [-0.25, -0.2) is 4.98 Å². The van der Waals surface area contributed by atoms with Crippen LogP contribution in [-0.4, -0.2) is 33.1 Å². The molecule has 1 fully saturated rings. The molecule has 0 unspecified atom stereocenters. The molecule has 0 aromatic carbocycles. The number of aromatic nitrogens is 2. The van der Waals surface area contributed by atoms with Crippen LogP contribution in [0.2, 0.25) is 0 Å². The van der Waals surface area contributed by atoms with Crippen LogP contribution in [0.5, 0.6) is 0 Å². The number of hydrogen-bond donors (Lipinski definition) is 2. The Morgan fingerprint density at radius 2 is 2.25 bits per heavy atom. The van der Waals surface area contributed by atoms with Crippen LogP contribution in [0.25, 0.3) is 0 Å². The highest BCUT2D eigenvalue weighted by Gasteiger charge is 2.34. The second-order valence-corrected chi connectivity index (χ2v) is 4.30. The summed E-state index contributed by atoms with van der Waals surface area (Å²) >= 11 is 0. The molecule has 1 heterocycles. The second-order valence-electron chi connectivity index (χ2n) is 4.30. The number of hydrogen-bond acceptors (Lipinski definition) is 4. The highest BCUT2D eigenvalue weighted by atomic mass is 16.3. The molecular weight excluding hydrogens is 206 g/mol. The Bertz CT molecular complexity index is 385. The van der Waals surface area contributed by atoms with Crippen molar-refractivity contribution in [3.05, 3.63) is 23.8 Å². The molecule has 1 saturated carbocycles. The number of rotatable bonds is 3. The molecule has 1 amide bonds. The van der Waals surface area contributed by atoms with Crippen molar-refractivity contribution in [1.82, 2.24) is 15.3 Å². The zero-order valence-electron chi connectivity index (χ0n) is 9.23. The van der Waals surface area contributed by atoms with Gasteiger partial charge in [0.25, 0.3) is 5.91 Å². The Morgan fingerprint density at radius 1 is 1.50 bits per heavy atom. The van der Waals surface area contributed by atoms with E-state index in [1.165, 1.54) is 6.20 Å². The summed E-state index contributed by atoms with van der Waals surface area (Å²) in [7, 11) is 0. The Labute approximate surface area is 93.9 Å². The van der Waals surface area contributed by atoms with Gasteiger partial charge in [0.2, 0.25) is 0 Å². The molecule has 2 rings (SSSR count). The van der Waals surface area contributed by atoms with Crippen LogP contribution in [0.3, 0.4) is 0 Å². The molecule has 0 bridgehead atoms. The van der Waals surface area contributed by atoms with Gasteiger partial charge in [0.05, 0.1) is 17.5 Å². The topological polar surface area (TPSA) is 75.1 Å². The van der Waals surface area contributed by atoms with Crippen molar-refractivity contribution in [2.75, 3.05) is 6.54 Å². The Balaban J connectivity index is 1.90. The molecule has 0 aliphatic heterocycles. The van der Waals surface area contributed by atoms with Crippen LogP contribution in [0.4, 0.5) is 0 Å². The van der Waals surface area contributed by atoms with E-state index in [1.54, 1.807) is 6.20 Å². The lowest BCUT2D eigenvalue weighted by molar-refractivity contribution is -0.0300. The lowest BCUT2D eigenvalue weighted by Crippen LogP contribution is -2.47. The van der Waals surface area contributed by atoms with Gasteiger partial charge in [-0.2, -0.15) is 0 Å². The fourth-order valence-electron chi connectivity index (χ4n) is 1.61. The average molecular weight is 221 g/mol. The second kappa shape index (κ2) is 4.17. The van der Waals surface area contributed by atoms with Crippen LogP contribution in [0.15, 0.2) is 12.4 Å². The predicted molar refractivity (Wildman–Crippen MR) is 57.9 cm³/mol. The molecule has 0 saturated heterocycles. The minimum atomic E-state index is -0.701. The molecule has 86 valence electrons. The number of aliphatic hydroxyl groups is 1. The molecule has 5 heteroatoms. The molecule has 1 aromatic heterocycles. The molecule has 0 spiro atoms. The van der Waals surface area contributed by atoms with E-state index in [4.69, 9.17) is 0 Å². The first-order valence-electron chi connectivity index (χ1n) is 5.38. The molecule has 2 N–H and O–H groups in total. The zero-order valence-corrected chi connectivity index (χ0v) is 9.23. The Morgan fingerprint density at radius 3 is 2.75 bits per heavy atom. The van der Waals surface area contributed by atoms with Gasteiger partial charge in [0.1, 0.15) is 5.69 Å². The molecule has 1 aliphatic rings. The van der Waals surface area contributed by atoms with Crippen molar-refractivity contribution in [3.8, 4) is 0 Å². The first-order chi connectivity index (χ1) is 7.59. The van der Waals surface area contributed by atoms with Crippen LogP contribution in [0, 0.1) is 6.92 Å². The predicted octanol–water partition coefficient (Wildman–Crippen LogP) is 0.430. The summed E-state index contributed by atoms with van der Waals surface area (Å²) in [6, 6.07) is 0. The number of nitrogens with zero attached hydrogens (tertiary/aromatic N) is 2. The van der Waals surface area contributed by atoms with Crippen LogP contribution in [-0.2, 0) is 0 Å². The first-order valence-corrected chi connectivity index (χ1v) is 5.38. The summed E-state index contributed by atoms with van der Waals surface area (Å²) in [6.07, 6.45) is 5.53. The molecule has 16 heavy (non-hydrogen) atoms. The zero-order chi connectivity index (χ0) is 11.6. The maximum atomic E-state index is 11.6. The lowest BCUT2D eigenvalue weighted by Gasteiger charge is -2.36. The average Bonchev–Trinajstić information content (AvgIpc) is 2.24. The van der Waals surface area contributed by atoms with Gasteiger partial charge in [-0.15, -0.1) is 0 Å². The number of amides is 1. The molecule has 0 radical (unpaired) electrons. The molecular formula is C11H15N3O2. The first kappa shape index (κ1) is 11.0. The van der Waals surface area contributed by atoms with Crippen molar-refractivity contribution in [1.29, 1.82) is 0 Å². The van der Waals surface area contributed by atoms with E-state index in [1.807, 2.05) is 6.92 Å². The molecule has 5 nitrogen and oxygen atoms in total. The minimum absolute atomic E-state index is 0.284. The van der Waals surface area contributed by atoms with E-state index in [2.05, 4.69) is 15.3 Å². The Hall–Kier alpha value is -1.49. The third-order valence-electron chi connectivity index (χ3n) is 2.88. The van der Waals surface area contributed by atoms with Gasteiger partial charge in [-0.3, -0.25) is 9.78 Å². The number of nitrogens with one attached hydrogen (secondary N) is 1. The fraction of sp³-hybridized carbons (Fsp3) is 0.545. The van der Waals surface area contributed by atoms with Crippen LogP contribution < -0.4 is 5.32 Å². The van der Waals surface area contributed by atoms with Gasteiger partial charge < -0.3 is 10.4 Å². The summed E-state index contributed by atoms with van der Waals surface area (Å²) in [4.78, 5) is 19.6. The van der Waals surface area contributed by atoms with Crippen molar-refractivity contribution < 1.29 is 9.90 Å². The van der Waals surface area contributed by atoms with Gasteiger partial charge >= 0.3 is 0 Å². The number of carbonyl (C=O) groups excluding carboxylic acids is 1. The molecule has 1 aliphatic carbocycles. The van der Waals surface area contributed by atoms with Crippen molar-refractivity contribution in [3.63, 3.8) is 0 Å². The van der Waals surface area contributed by atoms with Crippen molar-refractivity contribution in [2.24, 2.45) is 0 Å². The molecule has 0 atom stereocenters. The summed E-state index contributed by atoms with van der Waals surface area (Å²) in [5, 5.41) is 12.5. The van der Waals surface area contributed by atoms with Gasteiger partial charge in [0.15, 0.2) is 0 Å². The number of aryl methyl sites for hydroxylation is 1. The summed E-state index contributed by atoms with van der Waals surface area (Å²) < 4.78 is 0. The van der Waals surface area contributed by atoms with E-state index >= 15 is 0 Å². The largest absolute Gasteiger partial charge is 0.388 e. The van der Waals surface area contributed by atoms with Crippen molar-refractivity contribution >= 4 is 5.91 Å². The monoisotopic (exact) mass is 221 g/mol. The summed E-state index contributed by atoms with van der Waals surface area (Å²) in [6.45, 7) is 2.10. The molecule has 1 aromatic rings. The smallest absolute Gasteiger partial charge is 0.271 e. The third kappa shape index (κ3) is 2.36. The van der Waals surface area contributed by atoms with Crippen molar-refractivity contribution in [2.45, 2.75) is 31.8 Å². The van der Waals surface area contributed by atoms with E-state index in [0.717, 1.165) is 25.0 Å². The van der Waals surface area contributed by atoms with E-state index < -0.39 is 5.60 Å². The lowest BCUT2D eigenvalue weighted by atomic mass is 9.80. The van der Waals surface area contributed by atoms with Gasteiger partial charge in [-0.05, 0) is 26.2 Å². The summed E-state index contributed by atoms with van der Waals surface area (Å²) in [5.41, 5.74) is 0.357. The minimum Gasteiger partial charge on any atom is -0.388 e. The SMILES string of the molecule is Cc1cnc(C(=O)NCC2(O)CCC2)cn1. The number of carbonyl (C=O) groups is 1. The summed E-state index contributed by atoms with van der Waals surface area (Å²) in [5.74, 6) is -0.284. The van der Waals surface area contributed by atoms with Gasteiger partial charge in [0, 0.05) is 12.7 Å². The standard InChI is InChI=1S/C11H15N3O2/c1-8-5-13-9(6-12-8)10(15)14-7-11(16)3-2-4-11/h5-6,16H,2-4,7H2,1H3,(H,14,15). The van der Waals surface area contributed by atoms with Gasteiger partial charge in [-0.1, -0.05) is 0 Å². The van der Waals surface area contributed by atoms with E-state index in [0.29, 0.717) is 6.54 Å². The highest BCUT2D eigenvalue weighted by molar-refractivity contribution is 5.91. The Kier molecular flexibility index (Phi) is 2.87. The maximum Gasteiger partial charge on any atom is 0.271 e. The van der Waals surface area contributed by atoms with Crippen LogP contribution in [0.1, 0.15) is 35.4 Å². The third-order valence-corrected chi connectivity index (χ3v) is 2.88. The quantitative estimate of drug-likeness (QED) is 0.776. The fourth-order valence-corrected chi connectivity index (χ4v) is 1.61. The normalized spacial score (nSPS) is 17.6. The highest BCUT2D eigenvalue weighted by Crippen LogP contribution is 2.30. The van der Waals surface area contributed by atoms with Crippen LogP contribution >= 0.6 is 0 Å².